The number of piperidine rings is 1. The van der Waals surface area contributed by atoms with Crippen molar-refractivity contribution in [1.29, 1.82) is 5.26 Å². The first-order chi connectivity index (χ1) is 14.3. The van der Waals surface area contributed by atoms with Crippen LogP contribution in [0, 0.1) is 22.6 Å². The Hall–Kier alpha value is -2.47. The van der Waals surface area contributed by atoms with Crippen LogP contribution in [0.25, 0.3) is 0 Å². The number of amides is 1. The topological polar surface area (TPSA) is 81.5 Å². The van der Waals surface area contributed by atoms with Gasteiger partial charge in [-0.25, -0.2) is 12.8 Å². The van der Waals surface area contributed by atoms with E-state index in [1.54, 1.807) is 0 Å². The minimum atomic E-state index is -3.81. The number of anilines is 1. The molecule has 156 valence electrons. The summed E-state index contributed by atoms with van der Waals surface area (Å²) in [6, 6.07) is 11.9. The molecule has 1 amide bonds. The van der Waals surface area contributed by atoms with Crippen LogP contribution in [0.15, 0.2) is 47.4 Å². The monoisotopic (exact) mass is 447 g/mol. The summed E-state index contributed by atoms with van der Waals surface area (Å²) in [7, 11) is -3.81. The first-order valence-corrected chi connectivity index (χ1v) is 11.4. The molecule has 30 heavy (non-hydrogen) atoms. The molecule has 1 unspecified atom stereocenters. The van der Waals surface area contributed by atoms with Gasteiger partial charge in [-0.05, 0) is 61.7 Å². The van der Waals surface area contributed by atoms with Gasteiger partial charge in [-0.2, -0.15) is 9.57 Å². The predicted octanol–water partition coefficient (Wildman–Crippen LogP) is 3.56. The van der Waals surface area contributed by atoms with Crippen molar-refractivity contribution in [3.05, 3.63) is 58.9 Å². The van der Waals surface area contributed by atoms with Crippen LogP contribution in [-0.4, -0.2) is 38.3 Å². The Bertz CT molecular complexity index is 1150. The summed E-state index contributed by atoms with van der Waals surface area (Å²) in [5.41, 5.74) is -0.340. The predicted molar refractivity (Wildman–Crippen MR) is 110 cm³/mol. The third-order valence-corrected chi connectivity index (χ3v) is 7.97. The van der Waals surface area contributed by atoms with E-state index in [1.807, 2.05) is 6.07 Å². The Morgan fingerprint density at radius 2 is 1.83 bits per heavy atom. The zero-order chi connectivity index (χ0) is 21.5. The zero-order valence-electron chi connectivity index (χ0n) is 16.0. The standard InChI is InChI=1S/C21H19ClFN3O3S/c22-16-4-7-19(18(23)12-16)26-11-9-21(20(26)27)8-1-10-25(14-21)30(28,29)17-5-2-15(13-24)3-6-17/h2-7,12H,1,8-11,14H2. The lowest BCUT2D eigenvalue weighted by Crippen LogP contribution is -2.49. The number of hydrogen-bond acceptors (Lipinski definition) is 4. The number of carbonyl (C=O) groups excluding carboxylic acids is 1. The van der Waals surface area contributed by atoms with E-state index in [2.05, 4.69) is 0 Å². The van der Waals surface area contributed by atoms with Gasteiger partial charge in [0.15, 0.2) is 0 Å². The van der Waals surface area contributed by atoms with Crippen molar-refractivity contribution in [2.75, 3.05) is 24.5 Å². The van der Waals surface area contributed by atoms with Gasteiger partial charge in [0.05, 0.1) is 27.6 Å². The lowest BCUT2D eigenvalue weighted by Gasteiger charge is -2.38. The maximum atomic E-state index is 14.4. The van der Waals surface area contributed by atoms with Crippen LogP contribution in [-0.2, 0) is 14.8 Å². The number of hydrogen-bond donors (Lipinski definition) is 0. The Morgan fingerprint density at radius 3 is 2.50 bits per heavy atom. The highest BCUT2D eigenvalue weighted by atomic mass is 35.5. The summed E-state index contributed by atoms with van der Waals surface area (Å²) in [5.74, 6) is -0.839. The molecular weight excluding hydrogens is 429 g/mol. The van der Waals surface area contributed by atoms with E-state index in [1.165, 1.54) is 45.6 Å². The number of sulfonamides is 1. The van der Waals surface area contributed by atoms with Crippen molar-refractivity contribution in [1.82, 2.24) is 4.31 Å². The molecule has 4 rings (SSSR count). The second-order valence-corrected chi connectivity index (χ2v) is 10.0. The van der Waals surface area contributed by atoms with Gasteiger partial charge in [0, 0.05) is 24.7 Å². The van der Waals surface area contributed by atoms with Crippen molar-refractivity contribution in [2.24, 2.45) is 5.41 Å². The normalized spacial score (nSPS) is 22.4. The molecule has 1 atom stereocenters. The Kier molecular flexibility index (Phi) is 5.30. The molecule has 6 nitrogen and oxygen atoms in total. The average molecular weight is 448 g/mol. The van der Waals surface area contributed by atoms with E-state index in [4.69, 9.17) is 16.9 Å². The van der Waals surface area contributed by atoms with Crippen LogP contribution in [0.3, 0.4) is 0 Å². The van der Waals surface area contributed by atoms with Crippen molar-refractivity contribution in [3.8, 4) is 6.07 Å². The van der Waals surface area contributed by atoms with Gasteiger partial charge < -0.3 is 4.90 Å². The summed E-state index contributed by atoms with van der Waals surface area (Å²) >= 11 is 5.81. The fourth-order valence-corrected chi connectivity index (χ4v) is 6.00. The number of carbonyl (C=O) groups is 1. The smallest absolute Gasteiger partial charge is 0.243 e. The molecule has 0 bridgehead atoms. The van der Waals surface area contributed by atoms with Crippen LogP contribution in [0.5, 0.6) is 0 Å². The zero-order valence-corrected chi connectivity index (χ0v) is 17.6. The second-order valence-electron chi connectivity index (χ2n) is 7.66. The van der Waals surface area contributed by atoms with E-state index in [0.717, 1.165) is 6.07 Å². The molecule has 2 aliphatic heterocycles. The van der Waals surface area contributed by atoms with Gasteiger partial charge in [0.1, 0.15) is 5.82 Å². The molecule has 0 saturated carbocycles. The minimum Gasteiger partial charge on any atom is -0.309 e. The van der Waals surface area contributed by atoms with Crippen molar-refractivity contribution in [2.45, 2.75) is 24.2 Å². The number of nitrogens with zero attached hydrogens (tertiary/aromatic N) is 3. The van der Waals surface area contributed by atoms with Crippen LogP contribution < -0.4 is 4.90 Å². The third kappa shape index (κ3) is 3.47. The van der Waals surface area contributed by atoms with Gasteiger partial charge >= 0.3 is 0 Å². The first-order valence-electron chi connectivity index (χ1n) is 9.54. The van der Waals surface area contributed by atoms with Gasteiger partial charge in [0.25, 0.3) is 0 Å². The molecular formula is C21H19ClFN3O3S. The Balaban J connectivity index is 1.60. The third-order valence-electron chi connectivity index (χ3n) is 5.88. The van der Waals surface area contributed by atoms with Crippen molar-refractivity contribution < 1.29 is 17.6 Å². The van der Waals surface area contributed by atoms with E-state index in [0.29, 0.717) is 37.9 Å². The molecule has 0 radical (unpaired) electrons. The van der Waals surface area contributed by atoms with Gasteiger partial charge in [-0.3, -0.25) is 4.79 Å². The molecule has 0 aromatic heterocycles. The van der Waals surface area contributed by atoms with E-state index in [9.17, 15) is 17.6 Å². The van der Waals surface area contributed by atoms with Crippen LogP contribution in [0.1, 0.15) is 24.8 Å². The number of nitriles is 1. The largest absolute Gasteiger partial charge is 0.309 e. The van der Waals surface area contributed by atoms with Gasteiger partial charge in [-0.1, -0.05) is 11.6 Å². The fraction of sp³-hybridized carbons (Fsp3) is 0.333. The molecule has 9 heteroatoms. The highest BCUT2D eigenvalue weighted by molar-refractivity contribution is 7.89. The molecule has 1 spiro atoms. The first kappa shape index (κ1) is 20.8. The van der Waals surface area contributed by atoms with Crippen molar-refractivity contribution in [3.63, 3.8) is 0 Å². The maximum Gasteiger partial charge on any atom is 0.243 e. The molecule has 2 saturated heterocycles. The molecule has 0 aliphatic carbocycles. The SMILES string of the molecule is N#Cc1ccc(S(=O)(=O)N2CCCC3(CCN(c4ccc(Cl)cc4F)C3=O)C2)cc1. The molecule has 0 N–H and O–H groups in total. The van der Waals surface area contributed by atoms with Crippen LogP contribution >= 0.6 is 11.6 Å². The van der Waals surface area contributed by atoms with E-state index >= 15 is 0 Å². The number of benzene rings is 2. The molecule has 2 aromatic rings. The summed E-state index contributed by atoms with van der Waals surface area (Å²) in [4.78, 5) is 14.8. The van der Waals surface area contributed by atoms with Crippen LogP contribution in [0.4, 0.5) is 10.1 Å². The number of rotatable bonds is 3. The summed E-state index contributed by atoms with van der Waals surface area (Å²) in [6.45, 7) is 0.689. The quantitative estimate of drug-likeness (QED) is 0.720. The average Bonchev–Trinajstić information content (AvgIpc) is 3.03. The summed E-state index contributed by atoms with van der Waals surface area (Å²) < 4.78 is 41.9. The number of halogens is 2. The molecule has 2 heterocycles. The minimum absolute atomic E-state index is 0.0554. The Labute approximate surface area is 179 Å². The van der Waals surface area contributed by atoms with E-state index in [-0.39, 0.29) is 28.1 Å². The summed E-state index contributed by atoms with van der Waals surface area (Å²) in [5, 5.41) is 9.16. The Morgan fingerprint density at radius 1 is 1.10 bits per heavy atom. The lowest BCUT2D eigenvalue weighted by atomic mass is 9.79. The molecule has 2 aliphatic rings. The highest BCUT2D eigenvalue weighted by Gasteiger charge is 2.51. The lowest BCUT2D eigenvalue weighted by molar-refractivity contribution is -0.127. The van der Waals surface area contributed by atoms with Crippen molar-refractivity contribution >= 4 is 33.2 Å². The van der Waals surface area contributed by atoms with E-state index < -0.39 is 21.3 Å². The molecule has 2 fully saturated rings. The maximum absolute atomic E-state index is 14.4. The highest BCUT2D eigenvalue weighted by Crippen LogP contribution is 2.43. The summed E-state index contributed by atoms with van der Waals surface area (Å²) in [6.07, 6.45) is 1.54. The fourth-order valence-electron chi connectivity index (χ4n) is 4.27. The van der Waals surface area contributed by atoms with Crippen LogP contribution in [0.2, 0.25) is 5.02 Å². The van der Waals surface area contributed by atoms with Gasteiger partial charge in [0.2, 0.25) is 15.9 Å². The molecule has 2 aromatic carbocycles. The second kappa shape index (κ2) is 7.65. The van der Waals surface area contributed by atoms with Gasteiger partial charge in [-0.15, -0.1) is 0 Å².